The van der Waals surface area contributed by atoms with Crippen LogP contribution in [0.2, 0.25) is 0 Å². The van der Waals surface area contributed by atoms with Gasteiger partial charge in [-0.05, 0) is 41.5 Å². The van der Waals surface area contributed by atoms with Crippen LogP contribution >= 0.6 is 0 Å². The third-order valence-corrected chi connectivity index (χ3v) is 3.36. The third-order valence-electron chi connectivity index (χ3n) is 1.38. The Hall–Kier alpha value is 0.454. The molecule has 0 bridgehead atoms. The average Bonchev–Trinajstić information content (AvgIpc) is 2.35. The maximum absolute atomic E-state index is 10.6. The summed E-state index contributed by atoms with van der Waals surface area (Å²) in [7, 11) is -6.87. The van der Waals surface area contributed by atoms with E-state index in [2.05, 4.69) is 18.4 Å². The Labute approximate surface area is 142 Å². The van der Waals surface area contributed by atoms with Gasteiger partial charge in [0.25, 0.3) is 20.2 Å². The second-order valence-electron chi connectivity index (χ2n) is 4.12. The van der Waals surface area contributed by atoms with Gasteiger partial charge in [-0.3, -0.25) is 0 Å². The van der Waals surface area contributed by atoms with E-state index in [9.17, 15) is 16.8 Å². The summed E-state index contributed by atoms with van der Waals surface area (Å²) >= 11 is 0. The smallest absolute Gasteiger partial charge is 0.217 e. The second kappa shape index (κ2) is 12.9. The summed E-state index contributed by atoms with van der Waals surface area (Å²) in [4.78, 5) is 8.82. The molecule has 0 fully saturated rings. The standard InChI is InChI=1S/2C5H12O4S.Ti/c2*1-4-10(6,7)9-8-5(2)3;/h2*5H,4H2,1-3H3;. The zero-order chi connectivity index (χ0) is 16.4. The molecule has 0 heterocycles. The summed E-state index contributed by atoms with van der Waals surface area (Å²) in [6.45, 7) is 9.71. The van der Waals surface area contributed by atoms with Crippen LogP contribution in [0.25, 0.3) is 0 Å². The van der Waals surface area contributed by atoms with Crippen molar-refractivity contribution < 1.29 is 57.0 Å². The van der Waals surface area contributed by atoms with E-state index in [4.69, 9.17) is 0 Å². The number of hydrogen-bond acceptors (Lipinski definition) is 8. The van der Waals surface area contributed by atoms with Gasteiger partial charge in [0.1, 0.15) is 0 Å². The largest absolute Gasteiger partial charge is 0.293 e. The molecule has 21 heavy (non-hydrogen) atoms. The van der Waals surface area contributed by atoms with Crippen LogP contribution in [0.5, 0.6) is 0 Å². The van der Waals surface area contributed by atoms with Crippen LogP contribution < -0.4 is 0 Å². The van der Waals surface area contributed by atoms with Gasteiger partial charge in [-0.25, -0.2) is 9.78 Å². The Morgan fingerprint density at radius 2 is 0.952 bits per heavy atom. The first-order valence-electron chi connectivity index (χ1n) is 6.11. The fourth-order valence-electron chi connectivity index (χ4n) is 0.373. The normalized spacial score (nSPS) is 11.8. The van der Waals surface area contributed by atoms with Crippen molar-refractivity contribution in [3.8, 4) is 0 Å². The van der Waals surface area contributed by atoms with E-state index in [0.717, 1.165) is 0 Å². The monoisotopic (exact) mass is 384 g/mol. The van der Waals surface area contributed by atoms with E-state index in [1.165, 1.54) is 13.8 Å². The SMILES string of the molecule is CCS(=O)(=O)OOC(C)C.CCS(=O)(=O)OOC(C)C.[Ti]. The van der Waals surface area contributed by atoms with Crippen LogP contribution in [0.3, 0.4) is 0 Å². The van der Waals surface area contributed by atoms with E-state index in [1.807, 2.05) is 0 Å². The second-order valence-corrected chi connectivity index (χ2v) is 7.78. The Morgan fingerprint density at radius 3 is 1.10 bits per heavy atom. The Balaban J connectivity index is -0.000000295. The molecule has 0 aromatic rings. The van der Waals surface area contributed by atoms with Crippen molar-refractivity contribution in [2.45, 2.75) is 53.8 Å². The summed E-state index contributed by atoms with van der Waals surface area (Å²) in [6.07, 6.45) is -0.470. The quantitative estimate of drug-likeness (QED) is 0.351. The zero-order valence-corrected chi connectivity index (χ0v) is 16.3. The maximum Gasteiger partial charge on any atom is 0.293 e. The molecule has 128 valence electrons. The fraction of sp³-hybridized carbons (Fsp3) is 1.00. The zero-order valence-electron chi connectivity index (χ0n) is 13.2. The number of rotatable bonds is 8. The van der Waals surface area contributed by atoms with Gasteiger partial charge in [0.2, 0.25) is 0 Å². The molecule has 0 N–H and O–H groups in total. The molecular weight excluding hydrogens is 360 g/mol. The van der Waals surface area contributed by atoms with Crippen LogP contribution in [-0.4, -0.2) is 40.5 Å². The molecule has 8 nitrogen and oxygen atoms in total. The Kier molecular flexibility index (Phi) is 16.2. The molecular formula is C10H24O8S2Ti. The van der Waals surface area contributed by atoms with Gasteiger partial charge >= 0.3 is 0 Å². The van der Waals surface area contributed by atoms with Gasteiger partial charge in [0.15, 0.2) is 0 Å². The first kappa shape index (κ1) is 26.4. The minimum absolute atomic E-state index is 0. The summed E-state index contributed by atoms with van der Waals surface area (Å²) in [5.41, 5.74) is 0. The van der Waals surface area contributed by atoms with Crippen LogP contribution in [0.1, 0.15) is 41.5 Å². The molecule has 0 rings (SSSR count). The van der Waals surface area contributed by atoms with Crippen molar-refractivity contribution >= 4 is 20.2 Å². The van der Waals surface area contributed by atoms with Gasteiger partial charge in [0, 0.05) is 21.7 Å². The van der Waals surface area contributed by atoms with Crippen LogP contribution in [-0.2, 0) is 60.4 Å². The van der Waals surface area contributed by atoms with Crippen LogP contribution in [0.4, 0.5) is 0 Å². The predicted octanol–water partition coefficient (Wildman–Crippen LogP) is 1.38. The predicted molar refractivity (Wildman–Crippen MR) is 73.5 cm³/mol. The average molecular weight is 384 g/mol. The van der Waals surface area contributed by atoms with Crippen LogP contribution in [0.15, 0.2) is 0 Å². The molecule has 0 aliphatic heterocycles. The molecule has 0 aliphatic carbocycles. The van der Waals surface area contributed by atoms with E-state index in [0.29, 0.717) is 0 Å². The van der Waals surface area contributed by atoms with Crippen molar-refractivity contribution in [3.63, 3.8) is 0 Å². The molecule has 0 aliphatic rings. The maximum atomic E-state index is 10.6. The van der Waals surface area contributed by atoms with Crippen molar-refractivity contribution in [1.82, 2.24) is 0 Å². The molecule has 0 atom stereocenters. The molecule has 0 aromatic carbocycles. The van der Waals surface area contributed by atoms with Crippen molar-refractivity contribution in [1.29, 1.82) is 0 Å². The summed E-state index contributed by atoms with van der Waals surface area (Å²) in [5, 5.41) is 0. The molecule has 11 heteroatoms. The summed E-state index contributed by atoms with van der Waals surface area (Å²) < 4.78 is 50.5. The molecule has 0 unspecified atom stereocenters. The van der Waals surface area contributed by atoms with E-state index < -0.39 is 20.2 Å². The first-order valence-corrected chi connectivity index (χ1v) is 9.26. The fourth-order valence-corrected chi connectivity index (χ4v) is 1.12. The van der Waals surface area contributed by atoms with Gasteiger partial charge in [0.05, 0.1) is 23.7 Å². The third kappa shape index (κ3) is 20.5. The topological polar surface area (TPSA) is 105 Å². The van der Waals surface area contributed by atoms with Crippen molar-refractivity contribution in [2.24, 2.45) is 0 Å². The van der Waals surface area contributed by atoms with E-state index in [1.54, 1.807) is 27.7 Å². The van der Waals surface area contributed by atoms with E-state index in [-0.39, 0.29) is 45.4 Å². The molecule has 0 saturated carbocycles. The Morgan fingerprint density at radius 1 is 0.714 bits per heavy atom. The van der Waals surface area contributed by atoms with Crippen molar-refractivity contribution in [3.05, 3.63) is 0 Å². The Bertz CT molecular complexity index is 388. The molecule has 0 aromatic heterocycles. The van der Waals surface area contributed by atoms with E-state index >= 15 is 0 Å². The van der Waals surface area contributed by atoms with Crippen LogP contribution in [0, 0.1) is 0 Å². The number of hydrogen-bond donors (Lipinski definition) is 0. The van der Waals surface area contributed by atoms with Gasteiger partial charge in [-0.2, -0.15) is 16.8 Å². The minimum atomic E-state index is -3.44. The molecule has 0 saturated heterocycles. The summed E-state index contributed by atoms with van der Waals surface area (Å²) in [5.74, 6) is -0.139. The van der Waals surface area contributed by atoms with Crippen molar-refractivity contribution in [2.75, 3.05) is 11.5 Å². The van der Waals surface area contributed by atoms with Gasteiger partial charge in [-0.1, -0.05) is 0 Å². The molecule has 0 amide bonds. The molecule has 0 radical (unpaired) electrons. The summed E-state index contributed by atoms with van der Waals surface area (Å²) in [6, 6.07) is 0. The first-order chi connectivity index (χ1) is 8.95. The van der Waals surface area contributed by atoms with Gasteiger partial charge in [-0.15, -0.1) is 8.67 Å². The molecule has 0 spiro atoms. The van der Waals surface area contributed by atoms with Gasteiger partial charge < -0.3 is 0 Å². The minimum Gasteiger partial charge on any atom is -0.217 e.